The Hall–Kier alpha value is -2.00. The number of thiocarbonyl (C=S) groups is 1. The summed E-state index contributed by atoms with van der Waals surface area (Å²) in [6.07, 6.45) is 1.15. The van der Waals surface area contributed by atoms with E-state index in [0.717, 1.165) is 22.4 Å². The van der Waals surface area contributed by atoms with Crippen LogP contribution >= 0.6 is 12.2 Å². The van der Waals surface area contributed by atoms with Gasteiger partial charge in [-0.05, 0) is 23.6 Å². The van der Waals surface area contributed by atoms with Crippen molar-refractivity contribution in [3.05, 3.63) is 65.2 Å². The zero-order valence-corrected chi connectivity index (χ0v) is 12.2. The molecule has 0 fully saturated rings. The van der Waals surface area contributed by atoms with E-state index in [0.29, 0.717) is 12.8 Å². The predicted octanol–water partition coefficient (Wildman–Crippen LogP) is 3.86. The number of carbonyl (C=O) groups is 1. The molecule has 0 spiro atoms. The summed E-state index contributed by atoms with van der Waals surface area (Å²) >= 11 is 4.85. The van der Waals surface area contributed by atoms with Crippen LogP contribution in [0.1, 0.15) is 27.9 Å². The highest BCUT2D eigenvalue weighted by atomic mass is 32.1. The van der Waals surface area contributed by atoms with E-state index in [1.807, 2.05) is 48.5 Å². The summed E-state index contributed by atoms with van der Waals surface area (Å²) in [6, 6.07) is 15.2. The number of Topliss-reactive ketones (excluding diaryl/α,β-unsaturated/α-hetero) is 1. The Bertz CT molecular complexity index is 603. The number of hydrogen-bond acceptors (Lipinski definition) is 3. The molecule has 102 valence electrons. The van der Waals surface area contributed by atoms with Crippen molar-refractivity contribution in [2.45, 2.75) is 12.8 Å². The first-order valence-corrected chi connectivity index (χ1v) is 6.92. The van der Waals surface area contributed by atoms with Gasteiger partial charge in [0.05, 0.1) is 7.11 Å². The minimum atomic E-state index is 0.131. The van der Waals surface area contributed by atoms with Crippen molar-refractivity contribution in [2.75, 3.05) is 7.11 Å². The lowest BCUT2D eigenvalue weighted by molar-refractivity contribution is 0.0982. The quantitative estimate of drug-likeness (QED) is 0.595. The standard InChI is InChI=1S/C17H16O2S/c1-19-17-5-3-2-4-15(17)10-11-16(18)14-8-6-13(12-20)7-9-14/h2-9,12H,10-11H2,1H3. The smallest absolute Gasteiger partial charge is 0.163 e. The van der Waals surface area contributed by atoms with Crippen molar-refractivity contribution in [3.8, 4) is 5.75 Å². The Labute approximate surface area is 124 Å². The Morgan fingerprint density at radius 2 is 1.85 bits per heavy atom. The maximum Gasteiger partial charge on any atom is 0.163 e. The van der Waals surface area contributed by atoms with Gasteiger partial charge in [-0.3, -0.25) is 4.79 Å². The molecule has 0 heterocycles. The van der Waals surface area contributed by atoms with Gasteiger partial charge in [0, 0.05) is 17.4 Å². The van der Waals surface area contributed by atoms with Gasteiger partial charge >= 0.3 is 0 Å². The molecule has 0 radical (unpaired) electrons. The third-order valence-electron chi connectivity index (χ3n) is 3.18. The summed E-state index contributed by atoms with van der Waals surface area (Å²) in [7, 11) is 1.64. The fourth-order valence-electron chi connectivity index (χ4n) is 2.05. The molecule has 2 rings (SSSR count). The SMILES string of the molecule is COc1ccccc1CCC(=O)c1ccc(C=S)cc1. The number of ether oxygens (including phenoxy) is 1. The molecule has 0 aliphatic carbocycles. The van der Waals surface area contributed by atoms with Gasteiger partial charge in [0.2, 0.25) is 0 Å². The van der Waals surface area contributed by atoms with Crippen LogP contribution in [0, 0.1) is 0 Å². The van der Waals surface area contributed by atoms with Crippen LogP contribution < -0.4 is 4.74 Å². The van der Waals surface area contributed by atoms with Gasteiger partial charge in [-0.25, -0.2) is 0 Å². The van der Waals surface area contributed by atoms with Gasteiger partial charge in [-0.15, -0.1) is 0 Å². The number of aryl methyl sites for hydroxylation is 1. The van der Waals surface area contributed by atoms with E-state index in [4.69, 9.17) is 17.0 Å². The average Bonchev–Trinajstić information content (AvgIpc) is 2.53. The number of para-hydroxylation sites is 1. The van der Waals surface area contributed by atoms with Crippen LogP contribution in [0.25, 0.3) is 0 Å². The summed E-state index contributed by atoms with van der Waals surface area (Å²) in [5, 5.41) is 1.60. The summed E-state index contributed by atoms with van der Waals surface area (Å²) in [5.41, 5.74) is 2.72. The maximum atomic E-state index is 12.1. The summed E-state index contributed by atoms with van der Waals surface area (Å²) in [4.78, 5) is 12.1. The second-order valence-corrected chi connectivity index (χ2v) is 4.71. The monoisotopic (exact) mass is 284 g/mol. The molecular weight excluding hydrogens is 268 g/mol. The Kier molecular flexibility index (Phi) is 5.02. The fraction of sp³-hybridized carbons (Fsp3) is 0.176. The van der Waals surface area contributed by atoms with Crippen LogP contribution in [0.5, 0.6) is 5.75 Å². The highest BCUT2D eigenvalue weighted by Crippen LogP contribution is 2.19. The van der Waals surface area contributed by atoms with Gasteiger partial charge in [0.15, 0.2) is 5.78 Å². The van der Waals surface area contributed by atoms with Crippen molar-refractivity contribution in [2.24, 2.45) is 0 Å². The number of benzene rings is 2. The van der Waals surface area contributed by atoms with E-state index < -0.39 is 0 Å². The number of methoxy groups -OCH3 is 1. The van der Waals surface area contributed by atoms with E-state index in [1.54, 1.807) is 12.5 Å². The lowest BCUT2D eigenvalue weighted by Gasteiger charge is -2.07. The molecule has 3 heteroatoms. The molecule has 0 aromatic heterocycles. The van der Waals surface area contributed by atoms with Crippen LogP contribution in [0.3, 0.4) is 0 Å². The molecule has 20 heavy (non-hydrogen) atoms. The van der Waals surface area contributed by atoms with E-state index in [1.165, 1.54) is 0 Å². The van der Waals surface area contributed by atoms with Crippen molar-refractivity contribution < 1.29 is 9.53 Å². The summed E-state index contributed by atoms with van der Waals surface area (Å²) < 4.78 is 5.29. The lowest BCUT2D eigenvalue weighted by atomic mass is 10.0. The van der Waals surface area contributed by atoms with Crippen LogP contribution in [0.4, 0.5) is 0 Å². The minimum absolute atomic E-state index is 0.131. The number of ketones is 1. The molecule has 0 aliphatic heterocycles. The molecule has 2 aromatic rings. The first-order chi connectivity index (χ1) is 9.74. The molecule has 0 bridgehead atoms. The van der Waals surface area contributed by atoms with Crippen molar-refractivity contribution in [3.63, 3.8) is 0 Å². The number of rotatable bonds is 6. The van der Waals surface area contributed by atoms with Gasteiger partial charge in [0.1, 0.15) is 5.75 Å². The predicted molar refractivity (Wildman–Crippen MR) is 84.8 cm³/mol. The third-order valence-corrected chi connectivity index (χ3v) is 3.45. The first kappa shape index (κ1) is 14.4. The highest BCUT2D eigenvalue weighted by molar-refractivity contribution is 7.79. The Balaban J connectivity index is 2.02. The lowest BCUT2D eigenvalue weighted by Crippen LogP contribution is -2.02. The van der Waals surface area contributed by atoms with Crippen molar-refractivity contribution in [1.82, 2.24) is 0 Å². The summed E-state index contributed by atoms with van der Waals surface area (Å²) in [6.45, 7) is 0. The molecule has 2 aromatic carbocycles. The molecule has 0 N–H and O–H groups in total. The van der Waals surface area contributed by atoms with Crippen LogP contribution in [-0.2, 0) is 6.42 Å². The van der Waals surface area contributed by atoms with E-state index in [9.17, 15) is 4.79 Å². The maximum absolute atomic E-state index is 12.1. The zero-order chi connectivity index (χ0) is 14.4. The van der Waals surface area contributed by atoms with Gasteiger partial charge < -0.3 is 4.74 Å². The zero-order valence-electron chi connectivity index (χ0n) is 11.3. The molecule has 0 amide bonds. The normalized spacial score (nSPS) is 10.1. The van der Waals surface area contributed by atoms with Crippen molar-refractivity contribution >= 4 is 23.4 Å². The Morgan fingerprint density at radius 3 is 2.50 bits per heavy atom. The highest BCUT2D eigenvalue weighted by Gasteiger charge is 2.08. The first-order valence-electron chi connectivity index (χ1n) is 6.45. The van der Waals surface area contributed by atoms with Crippen LogP contribution in [0.15, 0.2) is 48.5 Å². The van der Waals surface area contributed by atoms with Crippen LogP contribution in [0.2, 0.25) is 0 Å². The molecule has 0 atom stereocenters. The summed E-state index contributed by atoms with van der Waals surface area (Å²) in [5.74, 6) is 0.961. The number of hydrogen-bond donors (Lipinski definition) is 0. The van der Waals surface area contributed by atoms with Gasteiger partial charge in [-0.2, -0.15) is 0 Å². The molecule has 0 aliphatic rings. The van der Waals surface area contributed by atoms with Gasteiger partial charge in [0.25, 0.3) is 0 Å². The molecular formula is C17H16O2S. The van der Waals surface area contributed by atoms with Crippen LogP contribution in [-0.4, -0.2) is 18.3 Å². The van der Waals surface area contributed by atoms with Crippen molar-refractivity contribution in [1.29, 1.82) is 0 Å². The minimum Gasteiger partial charge on any atom is -0.496 e. The molecule has 0 saturated heterocycles. The largest absolute Gasteiger partial charge is 0.496 e. The second-order valence-electron chi connectivity index (χ2n) is 4.47. The fourth-order valence-corrected chi connectivity index (χ4v) is 2.21. The molecule has 0 unspecified atom stereocenters. The molecule has 0 saturated carbocycles. The number of carbonyl (C=O) groups excluding carboxylic acids is 1. The van der Waals surface area contributed by atoms with Gasteiger partial charge in [-0.1, -0.05) is 54.7 Å². The topological polar surface area (TPSA) is 26.3 Å². The van der Waals surface area contributed by atoms with E-state index in [-0.39, 0.29) is 5.78 Å². The van der Waals surface area contributed by atoms with E-state index in [2.05, 4.69) is 0 Å². The molecule has 2 nitrogen and oxygen atoms in total. The van der Waals surface area contributed by atoms with E-state index >= 15 is 0 Å². The second kappa shape index (κ2) is 6.96. The third kappa shape index (κ3) is 3.52. The Morgan fingerprint density at radius 1 is 1.15 bits per heavy atom. The average molecular weight is 284 g/mol.